The Bertz CT molecular complexity index is 1260. The van der Waals surface area contributed by atoms with Crippen molar-refractivity contribution in [2.24, 2.45) is 0 Å². The quantitative estimate of drug-likeness (QED) is 0.348. The first-order valence-corrected chi connectivity index (χ1v) is 9.54. The lowest BCUT2D eigenvalue weighted by molar-refractivity contribution is -0.385. The number of methoxy groups -OCH3 is 1. The predicted molar refractivity (Wildman–Crippen MR) is 118 cm³/mol. The number of hydrogen-bond acceptors (Lipinski definition) is 5. The summed E-state index contributed by atoms with van der Waals surface area (Å²) in [4.78, 5) is 15.8. The van der Waals surface area contributed by atoms with E-state index in [0.717, 1.165) is 39.4 Å². The van der Waals surface area contributed by atoms with E-state index in [0.29, 0.717) is 11.5 Å². The van der Waals surface area contributed by atoms with Gasteiger partial charge >= 0.3 is 0 Å². The summed E-state index contributed by atoms with van der Waals surface area (Å²) in [5.41, 5.74) is 6.38. The monoisotopic (exact) mass is 402 g/mol. The molecule has 7 heteroatoms. The number of aromatic nitrogens is 2. The highest BCUT2D eigenvalue weighted by molar-refractivity contribution is 5.83. The van der Waals surface area contributed by atoms with Gasteiger partial charge < -0.3 is 10.1 Å². The first-order valence-electron chi connectivity index (χ1n) is 9.54. The van der Waals surface area contributed by atoms with Crippen molar-refractivity contribution in [3.05, 3.63) is 81.5 Å². The lowest BCUT2D eigenvalue weighted by atomic mass is 10.0. The van der Waals surface area contributed by atoms with Gasteiger partial charge in [-0.1, -0.05) is 18.2 Å². The molecular weight excluding hydrogens is 380 g/mol. The van der Waals surface area contributed by atoms with Crippen molar-refractivity contribution in [1.29, 1.82) is 0 Å². The van der Waals surface area contributed by atoms with Gasteiger partial charge in [0.25, 0.3) is 5.69 Å². The van der Waals surface area contributed by atoms with Crippen molar-refractivity contribution < 1.29 is 9.66 Å². The summed E-state index contributed by atoms with van der Waals surface area (Å²) in [5, 5.41) is 14.9. The highest BCUT2D eigenvalue weighted by Gasteiger charge is 2.19. The van der Waals surface area contributed by atoms with E-state index in [1.165, 1.54) is 12.3 Å². The molecule has 2 aromatic carbocycles. The normalized spacial score (nSPS) is 10.9. The van der Waals surface area contributed by atoms with Crippen LogP contribution < -0.4 is 10.1 Å². The fourth-order valence-corrected chi connectivity index (χ4v) is 3.61. The van der Waals surface area contributed by atoms with Gasteiger partial charge in [-0.05, 0) is 61.7 Å². The Hall–Kier alpha value is -3.87. The average molecular weight is 402 g/mol. The Morgan fingerprint density at radius 2 is 1.77 bits per heavy atom. The number of aryl methyl sites for hydroxylation is 3. The van der Waals surface area contributed by atoms with Crippen molar-refractivity contribution in [2.45, 2.75) is 20.8 Å². The number of hydrogen-bond donors (Lipinski definition) is 1. The molecule has 0 aliphatic rings. The molecule has 0 amide bonds. The molecule has 0 aliphatic carbocycles. The molecule has 4 aromatic rings. The zero-order valence-corrected chi connectivity index (χ0v) is 17.3. The Morgan fingerprint density at radius 1 is 1.03 bits per heavy atom. The van der Waals surface area contributed by atoms with Gasteiger partial charge in [-0.25, -0.2) is 4.98 Å². The van der Waals surface area contributed by atoms with Gasteiger partial charge in [0.1, 0.15) is 22.9 Å². The molecule has 4 rings (SSSR count). The van der Waals surface area contributed by atoms with E-state index in [-0.39, 0.29) is 5.69 Å². The first kappa shape index (κ1) is 19.4. The summed E-state index contributed by atoms with van der Waals surface area (Å²) in [6.45, 7) is 6.05. The molecular formula is C23H22N4O3. The Kier molecular flexibility index (Phi) is 4.87. The molecule has 152 valence electrons. The van der Waals surface area contributed by atoms with Crippen LogP contribution in [0.5, 0.6) is 5.75 Å². The van der Waals surface area contributed by atoms with Crippen LogP contribution in [0.25, 0.3) is 16.9 Å². The molecule has 0 radical (unpaired) electrons. The number of benzene rings is 2. The zero-order valence-electron chi connectivity index (χ0n) is 17.3. The van der Waals surface area contributed by atoms with Gasteiger partial charge in [-0.15, -0.1) is 0 Å². The smallest absolute Gasteiger partial charge is 0.286 e. The Balaban J connectivity index is 1.98. The first-order chi connectivity index (χ1) is 14.4. The third kappa shape index (κ3) is 3.34. The van der Waals surface area contributed by atoms with Crippen LogP contribution in [-0.2, 0) is 0 Å². The molecule has 2 heterocycles. The van der Waals surface area contributed by atoms with Gasteiger partial charge in [0.15, 0.2) is 0 Å². The maximum Gasteiger partial charge on any atom is 0.286 e. The van der Waals surface area contributed by atoms with Gasteiger partial charge in [-0.2, -0.15) is 0 Å². The summed E-state index contributed by atoms with van der Waals surface area (Å²) in [6, 6.07) is 15.0. The van der Waals surface area contributed by atoms with E-state index in [2.05, 4.69) is 5.32 Å². The molecule has 30 heavy (non-hydrogen) atoms. The van der Waals surface area contributed by atoms with Crippen LogP contribution in [0.15, 0.2) is 54.7 Å². The molecule has 0 saturated carbocycles. The summed E-state index contributed by atoms with van der Waals surface area (Å²) in [7, 11) is 1.63. The molecule has 0 fully saturated rings. The minimum Gasteiger partial charge on any atom is -0.497 e. The number of fused-ring (bicyclic) bond motifs is 1. The summed E-state index contributed by atoms with van der Waals surface area (Å²) < 4.78 is 7.07. The zero-order chi connectivity index (χ0) is 21.4. The highest BCUT2D eigenvalue weighted by Crippen LogP contribution is 2.36. The van der Waals surface area contributed by atoms with E-state index in [4.69, 9.17) is 9.72 Å². The number of ether oxygens (including phenoxy) is 1. The molecule has 0 bridgehead atoms. The number of anilines is 2. The van der Waals surface area contributed by atoms with Crippen molar-refractivity contribution in [2.75, 3.05) is 12.4 Å². The van der Waals surface area contributed by atoms with Crippen LogP contribution in [-0.4, -0.2) is 21.4 Å². The maximum absolute atomic E-state index is 11.4. The fourth-order valence-electron chi connectivity index (χ4n) is 3.61. The lowest BCUT2D eigenvalue weighted by Gasteiger charge is -2.15. The average Bonchev–Trinajstić information content (AvgIpc) is 3.07. The summed E-state index contributed by atoms with van der Waals surface area (Å²) >= 11 is 0. The number of nitrogens with zero attached hydrogens (tertiary/aromatic N) is 3. The van der Waals surface area contributed by atoms with Crippen LogP contribution >= 0.6 is 0 Å². The molecule has 2 aromatic heterocycles. The van der Waals surface area contributed by atoms with Gasteiger partial charge in [0, 0.05) is 17.3 Å². The fraction of sp³-hybridized carbons (Fsp3) is 0.174. The van der Waals surface area contributed by atoms with Crippen LogP contribution in [0.4, 0.5) is 17.2 Å². The molecule has 7 nitrogen and oxygen atoms in total. The number of pyridine rings is 1. The van der Waals surface area contributed by atoms with Crippen molar-refractivity contribution in [1.82, 2.24) is 9.38 Å². The van der Waals surface area contributed by atoms with Crippen LogP contribution in [0.3, 0.4) is 0 Å². The van der Waals surface area contributed by atoms with E-state index >= 15 is 0 Å². The summed E-state index contributed by atoms with van der Waals surface area (Å²) in [6.07, 6.45) is 1.50. The number of imidazole rings is 1. The number of nitro groups is 1. The van der Waals surface area contributed by atoms with Crippen molar-refractivity contribution in [3.8, 4) is 17.0 Å². The largest absolute Gasteiger partial charge is 0.497 e. The standard InChI is InChI=1S/C23H22N4O3/c1-14-6-5-7-15(2)21(14)25-23-22(19-10-9-18(30-4)12-16(19)3)24-20-11-8-17(27(28)29)13-26(20)23/h5-13,25H,1-4H3. The number of nitrogens with one attached hydrogen (secondary N) is 1. The van der Waals surface area contributed by atoms with E-state index in [1.807, 2.05) is 57.2 Å². The Morgan fingerprint density at radius 3 is 2.40 bits per heavy atom. The molecule has 0 spiro atoms. The van der Waals surface area contributed by atoms with Crippen LogP contribution in [0.2, 0.25) is 0 Å². The summed E-state index contributed by atoms with van der Waals surface area (Å²) in [5.74, 6) is 1.44. The van der Waals surface area contributed by atoms with Gasteiger partial charge in [-0.3, -0.25) is 14.5 Å². The van der Waals surface area contributed by atoms with Gasteiger partial charge in [0.05, 0.1) is 18.2 Å². The Labute approximate surface area is 174 Å². The molecule has 0 saturated heterocycles. The van der Waals surface area contributed by atoms with E-state index in [9.17, 15) is 10.1 Å². The topological polar surface area (TPSA) is 81.7 Å². The maximum atomic E-state index is 11.4. The SMILES string of the molecule is COc1ccc(-c2nc3ccc([N+](=O)[O-])cn3c2Nc2c(C)cccc2C)c(C)c1. The van der Waals surface area contributed by atoms with Crippen molar-refractivity contribution in [3.63, 3.8) is 0 Å². The van der Waals surface area contributed by atoms with Gasteiger partial charge in [0.2, 0.25) is 0 Å². The van der Waals surface area contributed by atoms with Crippen molar-refractivity contribution >= 4 is 22.8 Å². The molecule has 1 N–H and O–H groups in total. The second-order valence-corrected chi connectivity index (χ2v) is 7.25. The highest BCUT2D eigenvalue weighted by atomic mass is 16.6. The lowest BCUT2D eigenvalue weighted by Crippen LogP contribution is -2.02. The predicted octanol–water partition coefficient (Wildman–Crippen LogP) is 5.59. The minimum absolute atomic E-state index is 0.00228. The second kappa shape index (κ2) is 7.51. The molecule has 0 unspecified atom stereocenters. The van der Waals surface area contributed by atoms with E-state index < -0.39 is 4.92 Å². The molecule has 0 aliphatic heterocycles. The third-order valence-corrected chi connectivity index (χ3v) is 5.23. The van der Waals surface area contributed by atoms with Crippen LogP contribution in [0.1, 0.15) is 16.7 Å². The minimum atomic E-state index is -0.402. The van der Waals surface area contributed by atoms with E-state index in [1.54, 1.807) is 17.6 Å². The molecule has 0 atom stereocenters. The van der Waals surface area contributed by atoms with Crippen LogP contribution in [0, 0.1) is 30.9 Å². The number of rotatable bonds is 5. The number of para-hydroxylation sites is 1. The third-order valence-electron chi connectivity index (χ3n) is 5.23. The second-order valence-electron chi connectivity index (χ2n) is 7.25.